The number of carbonyl (C=O) groups is 1. The molecular weight excluding hydrogens is 270 g/mol. The molecule has 0 radical (unpaired) electrons. The molecular formula is C14H19N5O2. The number of hydrogen-bond acceptors (Lipinski definition) is 5. The van der Waals surface area contributed by atoms with Gasteiger partial charge >= 0.3 is 5.69 Å². The fraction of sp³-hybridized carbons (Fsp3) is 0.500. The zero-order chi connectivity index (χ0) is 15.0. The molecule has 1 aliphatic heterocycles. The first-order valence-corrected chi connectivity index (χ1v) is 7.15. The minimum absolute atomic E-state index is 0.192. The Morgan fingerprint density at radius 3 is 3.00 bits per heavy atom. The van der Waals surface area contributed by atoms with E-state index in [1.165, 1.54) is 4.40 Å². The number of likely N-dealkylation sites (tertiary alicyclic amines) is 1. The summed E-state index contributed by atoms with van der Waals surface area (Å²) in [5, 5.41) is 4.08. The van der Waals surface area contributed by atoms with Crippen molar-refractivity contribution < 1.29 is 4.79 Å². The predicted molar refractivity (Wildman–Crippen MR) is 78.3 cm³/mol. The highest BCUT2D eigenvalue weighted by Crippen LogP contribution is 2.15. The molecule has 0 bridgehead atoms. The van der Waals surface area contributed by atoms with Gasteiger partial charge in [-0.1, -0.05) is 6.07 Å². The Morgan fingerprint density at radius 1 is 1.48 bits per heavy atom. The molecule has 1 saturated heterocycles. The predicted octanol–water partition coefficient (Wildman–Crippen LogP) is -0.0522. The first-order chi connectivity index (χ1) is 10.1. The first-order valence-electron chi connectivity index (χ1n) is 7.15. The average Bonchev–Trinajstić information content (AvgIpc) is 2.80. The van der Waals surface area contributed by atoms with Gasteiger partial charge in [-0.3, -0.25) is 9.69 Å². The molecule has 0 aromatic carbocycles. The molecule has 1 fully saturated rings. The van der Waals surface area contributed by atoms with Gasteiger partial charge in [0, 0.05) is 24.8 Å². The Labute approximate surface area is 122 Å². The Balaban J connectivity index is 1.81. The number of nitrogens with two attached hydrogens (primary N) is 1. The summed E-state index contributed by atoms with van der Waals surface area (Å²) in [5.41, 5.74) is 5.98. The van der Waals surface area contributed by atoms with Gasteiger partial charge in [0.25, 0.3) is 5.91 Å². The highest BCUT2D eigenvalue weighted by atomic mass is 16.2. The van der Waals surface area contributed by atoms with Gasteiger partial charge in [0.05, 0.1) is 6.54 Å². The molecule has 0 spiro atoms. The number of rotatable bonds is 2. The fourth-order valence-corrected chi connectivity index (χ4v) is 2.82. The number of fused-ring (bicyclic) bond motifs is 1. The molecule has 7 nitrogen and oxygen atoms in total. The SMILES string of the molecule is CC1CC(N)CCN1CC(=O)n1nc2ccccn2c1=O. The highest BCUT2D eigenvalue weighted by Gasteiger charge is 2.26. The molecule has 2 aromatic heterocycles. The summed E-state index contributed by atoms with van der Waals surface area (Å²) in [6, 6.07) is 5.66. The molecule has 112 valence electrons. The van der Waals surface area contributed by atoms with E-state index in [9.17, 15) is 9.59 Å². The van der Waals surface area contributed by atoms with E-state index in [1.807, 2.05) is 0 Å². The smallest absolute Gasteiger partial charge is 0.328 e. The topological polar surface area (TPSA) is 85.6 Å². The van der Waals surface area contributed by atoms with Gasteiger partial charge in [-0.2, -0.15) is 0 Å². The number of carbonyl (C=O) groups excluding carboxylic acids is 1. The second kappa shape index (κ2) is 5.42. The summed E-state index contributed by atoms with van der Waals surface area (Å²) in [6.07, 6.45) is 3.35. The van der Waals surface area contributed by atoms with Crippen molar-refractivity contribution in [3.05, 3.63) is 34.9 Å². The van der Waals surface area contributed by atoms with Crippen LogP contribution in [-0.2, 0) is 0 Å². The molecule has 0 aliphatic carbocycles. The van der Waals surface area contributed by atoms with Crippen molar-refractivity contribution in [3.8, 4) is 0 Å². The van der Waals surface area contributed by atoms with E-state index < -0.39 is 5.69 Å². The molecule has 7 heteroatoms. The van der Waals surface area contributed by atoms with E-state index in [1.54, 1.807) is 24.4 Å². The van der Waals surface area contributed by atoms with E-state index in [0.29, 0.717) is 5.65 Å². The van der Waals surface area contributed by atoms with Crippen LogP contribution >= 0.6 is 0 Å². The zero-order valence-electron chi connectivity index (χ0n) is 12.0. The summed E-state index contributed by atoms with van der Waals surface area (Å²) in [6.45, 7) is 3.02. The summed E-state index contributed by atoms with van der Waals surface area (Å²) < 4.78 is 2.32. The molecule has 2 atom stereocenters. The first kappa shape index (κ1) is 14.0. The lowest BCUT2D eigenvalue weighted by Crippen LogP contribution is -2.49. The van der Waals surface area contributed by atoms with Crippen LogP contribution in [-0.4, -0.2) is 50.2 Å². The van der Waals surface area contributed by atoms with Crippen molar-refractivity contribution in [2.24, 2.45) is 5.73 Å². The molecule has 3 rings (SSSR count). The number of piperidine rings is 1. The summed E-state index contributed by atoms with van der Waals surface area (Å²) in [4.78, 5) is 26.6. The molecule has 0 saturated carbocycles. The molecule has 2 unspecified atom stereocenters. The van der Waals surface area contributed by atoms with E-state index in [2.05, 4.69) is 16.9 Å². The minimum atomic E-state index is -0.419. The number of hydrogen-bond donors (Lipinski definition) is 1. The van der Waals surface area contributed by atoms with Crippen molar-refractivity contribution in [2.45, 2.75) is 31.8 Å². The lowest BCUT2D eigenvalue weighted by molar-refractivity contribution is 0.0745. The number of pyridine rings is 1. The van der Waals surface area contributed by atoms with Gasteiger partial charge in [-0.05, 0) is 31.9 Å². The maximum atomic E-state index is 12.3. The lowest BCUT2D eigenvalue weighted by Gasteiger charge is -2.35. The van der Waals surface area contributed by atoms with Crippen LogP contribution in [0, 0.1) is 0 Å². The normalized spacial score (nSPS) is 23.5. The van der Waals surface area contributed by atoms with Crippen LogP contribution in [0.1, 0.15) is 24.6 Å². The molecule has 0 amide bonds. The van der Waals surface area contributed by atoms with E-state index in [4.69, 9.17) is 5.73 Å². The van der Waals surface area contributed by atoms with Gasteiger partial charge in [0.15, 0.2) is 5.65 Å². The van der Waals surface area contributed by atoms with Gasteiger partial charge in [-0.25, -0.2) is 9.20 Å². The van der Waals surface area contributed by atoms with E-state index in [-0.39, 0.29) is 24.5 Å². The molecule has 2 aromatic rings. The van der Waals surface area contributed by atoms with Gasteiger partial charge in [0.2, 0.25) is 0 Å². The third-order valence-corrected chi connectivity index (χ3v) is 4.06. The fourth-order valence-electron chi connectivity index (χ4n) is 2.82. The number of nitrogens with zero attached hydrogens (tertiary/aromatic N) is 4. The third kappa shape index (κ3) is 2.62. The van der Waals surface area contributed by atoms with E-state index >= 15 is 0 Å². The standard InChI is InChI=1S/C14H19N5O2/c1-10-8-11(15)5-7-17(10)9-13(20)19-14(21)18-6-3-2-4-12(18)16-19/h2-4,6,10-11H,5,7-9,15H2,1H3. The Hall–Kier alpha value is -1.99. The molecule has 2 N–H and O–H groups in total. The molecule has 1 aliphatic rings. The highest BCUT2D eigenvalue weighted by molar-refractivity contribution is 5.80. The quantitative estimate of drug-likeness (QED) is 0.837. The summed E-state index contributed by atoms with van der Waals surface area (Å²) >= 11 is 0. The minimum Gasteiger partial charge on any atom is -0.328 e. The van der Waals surface area contributed by atoms with Crippen LogP contribution < -0.4 is 11.4 Å². The van der Waals surface area contributed by atoms with Crippen molar-refractivity contribution >= 4 is 11.6 Å². The van der Waals surface area contributed by atoms with Crippen molar-refractivity contribution in [1.82, 2.24) is 19.1 Å². The van der Waals surface area contributed by atoms with Crippen molar-refractivity contribution in [3.63, 3.8) is 0 Å². The number of aromatic nitrogens is 3. The monoisotopic (exact) mass is 289 g/mol. The maximum Gasteiger partial charge on any atom is 0.357 e. The zero-order valence-corrected chi connectivity index (χ0v) is 12.0. The van der Waals surface area contributed by atoms with Crippen LogP contribution in [0.4, 0.5) is 0 Å². The van der Waals surface area contributed by atoms with Crippen LogP contribution in [0.2, 0.25) is 0 Å². The average molecular weight is 289 g/mol. The molecule has 21 heavy (non-hydrogen) atoms. The summed E-state index contributed by atoms with van der Waals surface area (Å²) in [7, 11) is 0. The maximum absolute atomic E-state index is 12.3. The van der Waals surface area contributed by atoms with Crippen LogP contribution in [0.5, 0.6) is 0 Å². The second-order valence-corrected chi connectivity index (χ2v) is 5.62. The van der Waals surface area contributed by atoms with Gasteiger partial charge in [0.1, 0.15) is 0 Å². The van der Waals surface area contributed by atoms with Crippen LogP contribution in [0.15, 0.2) is 29.2 Å². The van der Waals surface area contributed by atoms with Crippen molar-refractivity contribution in [2.75, 3.05) is 13.1 Å². The van der Waals surface area contributed by atoms with E-state index in [0.717, 1.165) is 24.1 Å². The van der Waals surface area contributed by atoms with Crippen molar-refractivity contribution in [1.29, 1.82) is 0 Å². The Kier molecular flexibility index (Phi) is 3.60. The Morgan fingerprint density at radius 2 is 2.29 bits per heavy atom. The summed E-state index contributed by atoms with van der Waals surface area (Å²) in [5.74, 6) is -0.300. The molecule has 3 heterocycles. The Bertz CT molecular complexity index is 719. The largest absolute Gasteiger partial charge is 0.357 e. The van der Waals surface area contributed by atoms with Gasteiger partial charge < -0.3 is 5.73 Å². The van der Waals surface area contributed by atoms with Crippen LogP contribution in [0.3, 0.4) is 0 Å². The lowest BCUT2D eigenvalue weighted by atomic mass is 9.99. The van der Waals surface area contributed by atoms with Crippen LogP contribution in [0.25, 0.3) is 5.65 Å². The van der Waals surface area contributed by atoms with Gasteiger partial charge in [-0.15, -0.1) is 9.78 Å². The second-order valence-electron chi connectivity index (χ2n) is 5.62. The third-order valence-electron chi connectivity index (χ3n) is 4.06.